The second kappa shape index (κ2) is 9.64. The number of rotatable bonds is 7. The highest BCUT2D eigenvalue weighted by molar-refractivity contribution is 5.97. The molecular formula is C21H23N3O6. The monoisotopic (exact) mass is 413 g/mol. The van der Waals surface area contributed by atoms with Crippen molar-refractivity contribution in [1.29, 1.82) is 0 Å². The van der Waals surface area contributed by atoms with Crippen molar-refractivity contribution in [2.45, 2.75) is 26.2 Å². The summed E-state index contributed by atoms with van der Waals surface area (Å²) in [4.78, 5) is 45.8. The molecule has 9 nitrogen and oxygen atoms in total. The number of ether oxygens (including phenoxy) is 1. The van der Waals surface area contributed by atoms with Gasteiger partial charge >= 0.3 is 5.97 Å². The molecule has 2 aromatic rings. The Morgan fingerprint density at radius 1 is 1.07 bits per heavy atom. The maximum atomic E-state index is 12.0. The molecule has 158 valence electrons. The van der Waals surface area contributed by atoms with Gasteiger partial charge in [0.05, 0.1) is 4.92 Å². The Bertz CT molecular complexity index is 948. The summed E-state index contributed by atoms with van der Waals surface area (Å²) in [5, 5.41) is 15.7. The minimum absolute atomic E-state index is 0.00677. The summed E-state index contributed by atoms with van der Waals surface area (Å²) in [7, 11) is 0. The first-order valence-corrected chi connectivity index (χ1v) is 9.15. The molecule has 0 spiro atoms. The molecule has 2 aromatic carbocycles. The number of hydrogen-bond acceptors (Lipinski definition) is 6. The van der Waals surface area contributed by atoms with E-state index in [-0.39, 0.29) is 16.7 Å². The zero-order valence-electron chi connectivity index (χ0n) is 16.9. The summed E-state index contributed by atoms with van der Waals surface area (Å²) in [5.74, 6) is -2.00. The first-order valence-electron chi connectivity index (χ1n) is 9.15. The number of amides is 2. The lowest BCUT2D eigenvalue weighted by atomic mass is 9.87. The van der Waals surface area contributed by atoms with Crippen LogP contribution in [0.1, 0.15) is 36.7 Å². The molecule has 0 aliphatic heterocycles. The molecule has 0 saturated heterocycles. The second-order valence-corrected chi connectivity index (χ2v) is 7.53. The summed E-state index contributed by atoms with van der Waals surface area (Å²) < 4.78 is 4.83. The highest BCUT2D eigenvalue weighted by Gasteiger charge is 2.15. The van der Waals surface area contributed by atoms with E-state index in [1.54, 1.807) is 12.1 Å². The molecule has 2 N–H and O–H groups in total. The average molecular weight is 413 g/mol. The van der Waals surface area contributed by atoms with Crippen LogP contribution in [0.2, 0.25) is 0 Å². The minimum Gasteiger partial charge on any atom is -0.454 e. The lowest BCUT2D eigenvalue weighted by Crippen LogP contribution is -2.32. The van der Waals surface area contributed by atoms with Crippen molar-refractivity contribution in [2.75, 3.05) is 18.5 Å². The maximum Gasteiger partial charge on any atom is 0.325 e. The number of nitrogens with zero attached hydrogens (tertiary/aromatic N) is 1. The third kappa shape index (κ3) is 6.69. The first-order chi connectivity index (χ1) is 14.1. The molecule has 0 aromatic heterocycles. The molecule has 30 heavy (non-hydrogen) atoms. The molecule has 0 bridgehead atoms. The Labute approximate surface area is 173 Å². The molecule has 0 aliphatic rings. The van der Waals surface area contributed by atoms with Gasteiger partial charge in [-0.25, -0.2) is 0 Å². The molecule has 9 heteroatoms. The Morgan fingerprint density at radius 3 is 2.33 bits per heavy atom. The number of nitrogens with one attached hydrogen (secondary N) is 2. The van der Waals surface area contributed by atoms with Crippen LogP contribution < -0.4 is 10.6 Å². The number of carbonyl (C=O) groups excluding carboxylic acids is 3. The van der Waals surface area contributed by atoms with Crippen LogP contribution in [0.3, 0.4) is 0 Å². The van der Waals surface area contributed by atoms with Gasteiger partial charge in [-0.1, -0.05) is 39.0 Å². The fourth-order valence-corrected chi connectivity index (χ4v) is 2.46. The average Bonchev–Trinajstić information content (AvgIpc) is 2.70. The van der Waals surface area contributed by atoms with E-state index in [1.165, 1.54) is 18.2 Å². The first kappa shape index (κ1) is 22.5. The van der Waals surface area contributed by atoms with Crippen molar-refractivity contribution in [3.8, 4) is 0 Å². The number of esters is 1. The highest BCUT2D eigenvalue weighted by atomic mass is 16.6. The van der Waals surface area contributed by atoms with Crippen LogP contribution in [-0.4, -0.2) is 35.9 Å². The van der Waals surface area contributed by atoms with Crippen molar-refractivity contribution >= 4 is 29.2 Å². The van der Waals surface area contributed by atoms with Crippen molar-refractivity contribution in [3.05, 3.63) is 69.8 Å². The SMILES string of the molecule is CC(C)(C)c1ccc(NC(=O)COC(=O)CNC(=O)c2cccc([N+](=O)[O-])c2)cc1. The third-order valence-electron chi connectivity index (χ3n) is 4.11. The summed E-state index contributed by atoms with van der Waals surface area (Å²) in [5.41, 5.74) is 1.48. The van der Waals surface area contributed by atoms with Gasteiger partial charge in [-0.2, -0.15) is 0 Å². The Hall–Kier alpha value is -3.75. The number of hydrogen-bond donors (Lipinski definition) is 2. The van der Waals surface area contributed by atoms with Gasteiger partial charge in [0.25, 0.3) is 17.5 Å². The standard InChI is InChI=1S/C21H23N3O6/c1-21(2,3)15-7-9-16(10-8-15)23-18(25)13-30-19(26)12-22-20(27)14-5-4-6-17(11-14)24(28)29/h4-11H,12-13H2,1-3H3,(H,22,27)(H,23,25). The van der Waals surface area contributed by atoms with Crippen molar-refractivity contribution in [1.82, 2.24) is 5.32 Å². The smallest absolute Gasteiger partial charge is 0.325 e. The zero-order chi connectivity index (χ0) is 22.3. The third-order valence-corrected chi connectivity index (χ3v) is 4.11. The lowest BCUT2D eigenvalue weighted by Gasteiger charge is -2.19. The van der Waals surface area contributed by atoms with E-state index in [0.717, 1.165) is 11.6 Å². The molecule has 0 unspecified atom stereocenters. The molecule has 2 rings (SSSR count). The molecule has 2 amide bonds. The second-order valence-electron chi connectivity index (χ2n) is 7.53. The summed E-state index contributed by atoms with van der Waals surface area (Å²) in [6.45, 7) is 5.26. The maximum absolute atomic E-state index is 12.0. The Kier molecular flexibility index (Phi) is 7.24. The predicted octanol–water partition coefficient (Wildman–Crippen LogP) is 2.80. The molecule has 0 heterocycles. The molecular weight excluding hydrogens is 390 g/mol. The number of nitro benzene ring substituents is 1. The predicted molar refractivity (Wildman–Crippen MR) is 110 cm³/mol. The number of carbonyl (C=O) groups is 3. The lowest BCUT2D eigenvalue weighted by molar-refractivity contribution is -0.384. The van der Waals surface area contributed by atoms with Crippen LogP contribution in [0.5, 0.6) is 0 Å². The van der Waals surface area contributed by atoms with Gasteiger partial charge in [-0.3, -0.25) is 24.5 Å². The molecule has 0 atom stereocenters. The summed E-state index contributed by atoms with van der Waals surface area (Å²) in [6.07, 6.45) is 0. The van der Waals surface area contributed by atoms with E-state index in [4.69, 9.17) is 4.74 Å². The van der Waals surface area contributed by atoms with E-state index in [2.05, 4.69) is 31.4 Å². The summed E-state index contributed by atoms with van der Waals surface area (Å²) >= 11 is 0. The van der Waals surface area contributed by atoms with Crippen molar-refractivity contribution in [2.24, 2.45) is 0 Å². The van der Waals surface area contributed by atoms with Crippen LogP contribution in [0.15, 0.2) is 48.5 Å². The fourth-order valence-electron chi connectivity index (χ4n) is 2.46. The van der Waals surface area contributed by atoms with Crippen LogP contribution in [0.4, 0.5) is 11.4 Å². The number of anilines is 1. The van der Waals surface area contributed by atoms with Gasteiger partial charge in [0.15, 0.2) is 6.61 Å². The molecule has 0 aliphatic carbocycles. The zero-order valence-corrected chi connectivity index (χ0v) is 16.9. The number of nitro groups is 1. The quantitative estimate of drug-likeness (QED) is 0.408. The van der Waals surface area contributed by atoms with Crippen LogP contribution in [-0.2, 0) is 19.7 Å². The van der Waals surface area contributed by atoms with Gasteiger partial charge < -0.3 is 15.4 Å². The van der Waals surface area contributed by atoms with Gasteiger partial charge in [0.1, 0.15) is 6.54 Å². The number of non-ortho nitro benzene ring substituents is 1. The fraction of sp³-hybridized carbons (Fsp3) is 0.286. The summed E-state index contributed by atoms with van der Waals surface area (Å²) in [6, 6.07) is 12.4. The highest BCUT2D eigenvalue weighted by Crippen LogP contribution is 2.23. The van der Waals surface area contributed by atoms with Gasteiger partial charge in [0, 0.05) is 23.4 Å². The molecule has 0 radical (unpaired) electrons. The van der Waals surface area contributed by atoms with Gasteiger partial charge in [0.2, 0.25) is 0 Å². The molecule has 0 saturated carbocycles. The van der Waals surface area contributed by atoms with E-state index in [9.17, 15) is 24.5 Å². The Balaban J connectivity index is 1.77. The number of benzene rings is 2. The van der Waals surface area contributed by atoms with Crippen LogP contribution >= 0.6 is 0 Å². The van der Waals surface area contributed by atoms with Gasteiger partial charge in [-0.05, 0) is 29.2 Å². The Morgan fingerprint density at radius 2 is 1.73 bits per heavy atom. The minimum atomic E-state index is -0.813. The van der Waals surface area contributed by atoms with Crippen molar-refractivity contribution in [3.63, 3.8) is 0 Å². The van der Waals surface area contributed by atoms with E-state index in [1.807, 2.05) is 12.1 Å². The molecule has 0 fully saturated rings. The topological polar surface area (TPSA) is 128 Å². The van der Waals surface area contributed by atoms with E-state index < -0.39 is 35.9 Å². The van der Waals surface area contributed by atoms with E-state index >= 15 is 0 Å². The van der Waals surface area contributed by atoms with Crippen molar-refractivity contribution < 1.29 is 24.0 Å². The van der Waals surface area contributed by atoms with Gasteiger partial charge in [-0.15, -0.1) is 0 Å². The normalized spacial score (nSPS) is 10.8. The van der Waals surface area contributed by atoms with Crippen LogP contribution in [0, 0.1) is 10.1 Å². The van der Waals surface area contributed by atoms with Crippen LogP contribution in [0.25, 0.3) is 0 Å². The van der Waals surface area contributed by atoms with E-state index in [0.29, 0.717) is 5.69 Å². The largest absolute Gasteiger partial charge is 0.454 e.